The summed E-state index contributed by atoms with van der Waals surface area (Å²) >= 11 is 0. The van der Waals surface area contributed by atoms with Crippen molar-refractivity contribution in [1.82, 2.24) is 24.4 Å². The average molecular weight is 512 g/mol. The number of hydrogen-bond donors (Lipinski definition) is 3. The van der Waals surface area contributed by atoms with Crippen molar-refractivity contribution in [2.45, 2.75) is 30.5 Å². The smallest absolute Gasteiger partial charge is 0.396 e. The van der Waals surface area contributed by atoms with E-state index in [0.717, 1.165) is 4.09 Å². The Labute approximate surface area is 199 Å². The van der Waals surface area contributed by atoms with Gasteiger partial charge < -0.3 is 21.3 Å². The Morgan fingerprint density at radius 2 is 1.91 bits per heavy atom. The van der Waals surface area contributed by atoms with Gasteiger partial charge in [0.05, 0.1) is 34.1 Å². The second kappa shape index (κ2) is 9.24. The van der Waals surface area contributed by atoms with Crippen LogP contribution >= 0.6 is 0 Å². The maximum atomic E-state index is 13.1. The van der Waals surface area contributed by atoms with Crippen molar-refractivity contribution >= 4 is 38.5 Å². The molecule has 14 heteroatoms. The number of nitrogens with two attached hydrogens (primary N) is 1. The second-order valence-electron chi connectivity index (χ2n) is 8.23. The third-order valence-corrected chi connectivity index (χ3v) is 7.48. The quantitative estimate of drug-likeness (QED) is 0.463. The Balaban J connectivity index is 1.61. The highest BCUT2D eigenvalue weighted by atomic mass is 32.2. The zero-order valence-electron chi connectivity index (χ0n) is 18.7. The Kier molecular flexibility index (Phi) is 6.49. The van der Waals surface area contributed by atoms with Crippen LogP contribution in [0.3, 0.4) is 0 Å². The number of aromatic nitrogens is 3. The molecule has 2 aromatic heterocycles. The van der Waals surface area contributed by atoms with Crippen LogP contribution in [0.5, 0.6) is 0 Å². The largest absolute Gasteiger partial charge is 0.405 e. The minimum absolute atomic E-state index is 0.0421. The number of urea groups is 1. The summed E-state index contributed by atoms with van der Waals surface area (Å²) in [7, 11) is -4.01. The average Bonchev–Trinajstić information content (AvgIpc) is 3.44. The first-order chi connectivity index (χ1) is 16.5. The highest BCUT2D eigenvalue weighted by molar-refractivity contribution is 7.90. The maximum absolute atomic E-state index is 13.1. The van der Waals surface area contributed by atoms with Crippen molar-refractivity contribution in [2.75, 3.05) is 30.7 Å². The van der Waals surface area contributed by atoms with Gasteiger partial charge in [-0.1, -0.05) is 25.1 Å². The molecule has 35 heavy (non-hydrogen) atoms. The predicted octanol–water partition coefficient (Wildman–Crippen LogP) is 2.64. The van der Waals surface area contributed by atoms with E-state index in [4.69, 9.17) is 5.73 Å². The summed E-state index contributed by atoms with van der Waals surface area (Å²) < 4.78 is 64.4. The van der Waals surface area contributed by atoms with Crippen molar-refractivity contribution in [3.8, 4) is 0 Å². The van der Waals surface area contributed by atoms with Crippen LogP contribution in [0.25, 0.3) is 11.0 Å². The molecule has 4 N–H and O–H groups in total. The molecule has 0 spiro atoms. The number of nitrogens with zero attached hydrogens (tertiary/aromatic N) is 4. The molecule has 4 rings (SSSR count). The summed E-state index contributed by atoms with van der Waals surface area (Å²) in [4.78, 5) is 17.8. The van der Waals surface area contributed by atoms with Crippen LogP contribution in [0.15, 0.2) is 47.6 Å². The first-order valence-electron chi connectivity index (χ1n) is 10.8. The molecule has 3 aromatic rings. The summed E-state index contributed by atoms with van der Waals surface area (Å²) in [5.41, 5.74) is 6.84. The topological polar surface area (TPSA) is 135 Å². The lowest BCUT2D eigenvalue weighted by Gasteiger charge is -2.21. The minimum atomic E-state index is -4.51. The molecular weight excluding hydrogens is 487 g/mol. The van der Waals surface area contributed by atoms with Gasteiger partial charge in [0.2, 0.25) is 0 Å². The van der Waals surface area contributed by atoms with E-state index in [2.05, 4.69) is 15.4 Å². The Hall–Kier alpha value is -3.55. The van der Waals surface area contributed by atoms with Crippen LogP contribution < -0.4 is 16.4 Å². The third-order valence-electron chi connectivity index (χ3n) is 5.89. The molecule has 1 aromatic carbocycles. The fourth-order valence-electron chi connectivity index (χ4n) is 4.09. The number of likely N-dealkylation sites (tertiary alicyclic amines) is 1. The van der Waals surface area contributed by atoms with Crippen LogP contribution in [-0.2, 0) is 10.0 Å². The van der Waals surface area contributed by atoms with Gasteiger partial charge in [-0.3, -0.25) is 0 Å². The van der Waals surface area contributed by atoms with Gasteiger partial charge in [-0.15, -0.1) is 4.09 Å². The van der Waals surface area contributed by atoms with E-state index in [9.17, 15) is 26.4 Å². The Morgan fingerprint density at radius 1 is 1.20 bits per heavy atom. The Bertz CT molecular complexity index is 1330. The fourth-order valence-corrected chi connectivity index (χ4v) is 5.33. The zero-order valence-corrected chi connectivity index (χ0v) is 19.5. The van der Waals surface area contributed by atoms with Crippen molar-refractivity contribution in [3.63, 3.8) is 0 Å². The summed E-state index contributed by atoms with van der Waals surface area (Å²) in [5.74, 6) is -0.0719. The lowest BCUT2D eigenvalue weighted by molar-refractivity contribution is -0.123. The van der Waals surface area contributed by atoms with E-state index in [1.165, 1.54) is 29.4 Å². The van der Waals surface area contributed by atoms with Gasteiger partial charge in [-0.05, 0) is 24.5 Å². The van der Waals surface area contributed by atoms with Gasteiger partial charge in [0.15, 0.2) is 5.65 Å². The van der Waals surface area contributed by atoms with Gasteiger partial charge in [0, 0.05) is 19.1 Å². The minimum Gasteiger partial charge on any atom is -0.396 e. The van der Waals surface area contributed by atoms with E-state index < -0.39 is 28.8 Å². The molecule has 0 radical (unpaired) electrons. The number of carbonyl (C=O) groups is 1. The van der Waals surface area contributed by atoms with Gasteiger partial charge in [0.1, 0.15) is 6.54 Å². The van der Waals surface area contributed by atoms with Crippen LogP contribution in [-0.4, -0.2) is 65.4 Å². The van der Waals surface area contributed by atoms with E-state index in [0.29, 0.717) is 17.5 Å². The van der Waals surface area contributed by atoms with Gasteiger partial charge in [-0.2, -0.15) is 26.7 Å². The molecule has 3 heterocycles. The number of fused-ring (bicyclic) bond motifs is 1. The molecule has 2 atom stereocenters. The molecule has 1 aliphatic rings. The normalized spacial score (nSPS) is 18.7. The van der Waals surface area contributed by atoms with Crippen molar-refractivity contribution in [3.05, 3.63) is 42.7 Å². The number of pyridine rings is 1. The molecule has 0 bridgehead atoms. The second-order valence-corrected chi connectivity index (χ2v) is 10.00. The maximum Gasteiger partial charge on any atom is 0.405 e. The molecular formula is C21H24F3N7O3S. The number of amides is 2. The van der Waals surface area contributed by atoms with Crippen LogP contribution in [0, 0.1) is 5.92 Å². The van der Waals surface area contributed by atoms with E-state index in [-0.39, 0.29) is 41.3 Å². The third kappa shape index (κ3) is 4.97. The highest BCUT2D eigenvalue weighted by Crippen LogP contribution is 2.33. The number of rotatable bonds is 6. The van der Waals surface area contributed by atoms with Crippen molar-refractivity contribution < 1.29 is 26.4 Å². The monoisotopic (exact) mass is 511 g/mol. The number of nitrogen functional groups attached to an aromatic ring is 1. The Morgan fingerprint density at radius 3 is 2.57 bits per heavy atom. The van der Waals surface area contributed by atoms with E-state index in [1.807, 2.05) is 12.2 Å². The molecule has 0 saturated carbocycles. The predicted molar refractivity (Wildman–Crippen MR) is 123 cm³/mol. The van der Waals surface area contributed by atoms with E-state index in [1.54, 1.807) is 18.2 Å². The lowest BCUT2D eigenvalue weighted by atomic mass is 10.0. The SMILES string of the molecule is CCC1CN(C(=O)NCC(F)(F)F)CC1Nc1c(N)cnc2c1cnn2S(=O)(=O)c1ccccc1. The summed E-state index contributed by atoms with van der Waals surface area (Å²) in [6.07, 6.45) is -1.21. The van der Waals surface area contributed by atoms with Crippen LogP contribution in [0.4, 0.5) is 29.3 Å². The summed E-state index contributed by atoms with van der Waals surface area (Å²) in [5, 5.41) is 9.55. The first-order valence-corrected chi connectivity index (χ1v) is 12.2. The molecule has 1 saturated heterocycles. The molecule has 2 unspecified atom stereocenters. The molecule has 1 aliphatic heterocycles. The highest BCUT2D eigenvalue weighted by Gasteiger charge is 2.36. The summed E-state index contributed by atoms with van der Waals surface area (Å²) in [6, 6.07) is 6.64. The number of alkyl halides is 3. The van der Waals surface area contributed by atoms with Gasteiger partial charge in [-0.25, -0.2) is 9.78 Å². The zero-order chi connectivity index (χ0) is 25.4. The first kappa shape index (κ1) is 24.6. The van der Waals surface area contributed by atoms with Gasteiger partial charge in [0.25, 0.3) is 10.0 Å². The number of hydrogen-bond acceptors (Lipinski definition) is 7. The lowest BCUT2D eigenvalue weighted by Crippen LogP contribution is -2.43. The van der Waals surface area contributed by atoms with Crippen molar-refractivity contribution in [2.24, 2.45) is 5.92 Å². The van der Waals surface area contributed by atoms with Crippen LogP contribution in [0.1, 0.15) is 13.3 Å². The number of nitrogens with one attached hydrogen (secondary N) is 2. The van der Waals surface area contributed by atoms with Crippen LogP contribution in [0.2, 0.25) is 0 Å². The molecule has 2 amide bonds. The molecule has 1 fully saturated rings. The standard InChI is InChI=1S/C21H24F3N7O3S/c1-2-13-10-30(20(32)27-12-21(22,23)24)11-17(13)29-18-15-8-28-31(19(15)26-9-16(18)25)35(33,34)14-6-4-3-5-7-14/h3-9,13,17H,2,10-12,25H2,1H3,(H,26,29)(H,27,32). The van der Waals surface area contributed by atoms with E-state index >= 15 is 0 Å². The number of benzene rings is 1. The van der Waals surface area contributed by atoms with Crippen molar-refractivity contribution in [1.29, 1.82) is 0 Å². The summed E-state index contributed by atoms with van der Waals surface area (Å²) in [6.45, 7) is 0.895. The fraction of sp³-hybridized carbons (Fsp3) is 0.381. The number of halogens is 3. The van der Waals surface area contributed by atoms with Gasteiger partial charge >= 0.3 is 12.2 Å². The molecule has 0 aliphatic carbocycles. The number of anilines is 2. The molecule has 188 valence electrons. The number of carbonyl (C=O) groups excluding carboxylic acids is 1. The molecule has 10 nitrogen and oxygen atoms in total.